The second-order valence-electron chi connectivity index (χ2n) is 3.82. The van der Waals surface area contributed by atoms with Crippen molar-refractivity contribution < 1.29 is 13.6 Å². The van der Waals surface area contributed by atoms with Gasteiger partial charge in [-0.05, 0) is 12.1 Å². The fourth-order valence-corrected chi connectivity index (χ4v) is 1.75. The van der Waals surface area contributed by atoms with Gasteiger partial charge < -0.3 is 10.3 Å². The SMILES string of the molecule is CC(=O)NCCn1c(=O)[nH]c2ccc(F)c(F)c21. The number of aromatic nitrogens is 2. The summed E-state index contributed by atoms with van der Waals surface area (Å²) in [6.07, 6.45) is 0. The van der Waals surface area contributed by atoms with Crippen molar-refractivity contribution in [1.29, 1.82) is 0 Å². The number of carbonyl (C=O) groups is 1. The van der Waals surface area contributed by atoms with Crippen LogP contribution in [0.1, 0.15) is 6.92 Å². The van der Waals surface area contributed by atoms with Crippen LogP contribution in [0.25, 0.3) is 11.0 Å². The molecule has 0 bridgehead atoms. The van der Waals surface area contributed by atoms with Gasteiger partial charge in [0.2, 0.25) is 5.91 Å². The fraction of sp³-hybridized carbons (Fsp3) is 0.273. The summed E-state index contributed by atoms with van der Waals surface area (Å²) in [4.78, 5) is 24.7. The molecule has 18 heavy (non-hydrogen) atoms. The van der Waals surface area contributed by atoms with Crippen LogP contribution in [0.15, 0.2) is 16.9 Å². The van der Waals surface area contributed by atoms with Crippen molar-refractivity contribution in [3.05, 3.63) is 34.3 Å². The maximum Gasteiger partial charge on any atom is 0.326 e. The summed E-state index contributed by atoms with van der Waals surface area (Å²) in [5.74, 6) is -2.35. The molecule has 0 spiro atoms. The van der Waals surface area contributed by atoms with Crippen molar-refractivity contribution in [1.82, 2.24) is 14.9 Å². The minimum absolute atomic E-state index is 0.0682. The van der Waals surface area contributed by atoms with Crippen molar-refractivity contribution in [2.24, 2.45) is 0 Å². The summed E-state index contributed by atoms with van der Waals surface area (Å²) in [6, 6.07) is 2.25. The zero-order chi connectivity index (χ0) is 13.3. The molecule has 0 saturated heterocycles. The van der Waals surface area contributed by atoms with Gasteiger partial charge in [0, 0.05) is 20.0 Å². The highest BCUT2D eigenvalue weighted by Crippen LogP contribution is 2.17. The van der Waals surface area contributed by atoms with Crippen molar-refractivity contribution in [2.45, 2.75) is 13.5 Å². The Morgan fingerprint density at radius 1 is 1.44 bits per heavy atom. The standard InChI is InChI=1S/C11H11F2N3O2/c1-6(17)14-4-5-16-10-8(15-11(16)18)3-2-7(12)9(10)13/h2-3H,4-5H2,1H3,(H,14,17)(H,15,18). The molecule has 1 heterocycles. The van der Waals surface area contributed by atoms with E-state index in [9.17, 15) is 18.4 Å². The Hall–Kier alpha value is -2.18. The predicted octanol–water partition coefficient (Wildman–Crippen LogP) is 0.744. The van der Waals surface area contributed by atoms with Gasteiger partial charge in [-0.15, -0.1) is 0 Å². The predicted molar refractivity (Wildman–Crippen MR) is 61.2 cm³/mol. The molecule has 0 fully saturated rings. The number of benzene rings is 1. The second kappa shape index (κ2) is 4.59. The minimum atomic E-state index is -1.08. The van der Waals surface area contributed by atoms with Crippen LogP contribution in [0.2, 0.25) is 0 Å². The Kier molecular flexibility index (Phi) is 3.14. The third-order valence-electron chi connectivity index (χ3n) is 2.54. The largest absolute Gasteiger partial charge is 0.355 e. The van der Waals surface area contributed by atoms with Crippen LogP contribution in [-0.4, -0.2) is 22.0 Å². The summed E-state index contributed by atoms with van der Waals surface area (Å²) in [5, 5.41) is 2.48. The maximum atomic E-state index is 13.6. The van der Waals surface area contributed by atoms with E-state index in [1.165, 1.54) is 13.0 Å². The number of halogens is 2. The van der Waals surface area contributed by atoms with Gasteiger partial charge in [0.05, 0.1) is 5.52 Å². The number of aromatic amines is 1. The Morgan fingerprint density at radius 3 is 2.83 bits per heavy atom. The first kappa shape index (κ1) is 12.3. The number of amides is 1. The molecule has 2 aromatic rings. The number of nitrogens with zero attached hydrogens (tertiary/aromatic N) is 1. The summed E-state index contributed by atoms with van der Waals surface area (Å²) in [5.41, 5.74) is -0.438. The minimum Gasteiger partial charge on any atom is -0.355 e. The number of nitrogens with one attached hydrogen (secondary N) is 2. The summed E-state index contributed by atoms with van der Waals surface area (Å²) in [7, 11) is 0. The molecule has 5 nitrogen and oxygen atoms in total. The number of fused-ring (bicyclic) bond motifs is 1. The average Bonchev–Trinajstić information content (AvgIpc) is 2.61. The highest BCUT2D eigenvalue weighted by Gasteiger charge is 2.14. The van der Waals surface area contributed by atoms with Crippen LogP contribution in [0, 0.1) is 11.6 Å². The Morgan fingerprint density at radius 2 is 2.17 bits per heavy atom. The smallest absolute Gasteiger partial charge is 0.326 e. The number of rotatable bonds is 3. The van der Waals surface area contributed by atoms with E-state index >= 15 is 0 Å². The zero-order valence-electron chi connectivity index (χ0n) is 9.59. The topological polar surface area (TPSA) is 66.9 Å². The highest BCUT2D eigenvalue weighted by atomic mass is 19.2. The first-order chi connectivity index (χ1) is 8.50. The molecular formula is C11H11F2N3O2. The molecule has 7 heteroatoms. The molecule has 0 aliphatic heterocycles. The van der Waals surface area contributed by atoms with Crippen LogP contribution >= 0.6 is 0 Å². The molecule has 0 aliphatic rings. The van der Waals surface area contributed by atoms with Gasteiger partial charge in [-0.3, -0.25) is 9.36 Å². The van der Waals surface area contributed by atoms with Crippen molar-refractivity contribution in [3.8, 4) is 0 Å². The van der Waals surface area contributed by atoms with Gasteiger partial charge in [-0.1, -0.05) is 0 Å². The lowest BCUT2D eigenvalue weighted by molar-refractivity contribution is -0.118. The first-order valence-electron chi connectivity index (χ1n) is 5.31. The van der Waals surface area contributed by atoms with Gasteiger partial charge in [0.1, 0.15) is 5.52 Å². The van der Waals surface area contributed by atoms with Gasteiger partial charge >= 0.3 is 5.69 Å². The van der Waals surface area contributed by atoms with Gasteiger partial charge in [-0.25, -0.2) is 13.6 Å². The number of hydrogen-bond acceptors (Lipinski definition) is 2. The summed E-state index contributed by atoms with van der Waals surface area (Å²) < 4.78 is 27.8. The fourth-order valence-electron chi connectivity index (χ4n) is 1.75. The highest BCUT2D eigenvalue weighted by molar-refractivity contribution is 5.76. The molecule has 1 aromatic heterocycles. The van der Waals surface area contributed by atoms with Crippen LogP contribution < -0.4 is 11.0 Å². The van der Waals surface area contributed by atoms with E-state index in [4.69, 9.17) is 0 Å². The van der Waals surface area contributed by atoms with Crippen LogP contribution in [0.3, 0.4) is 0 Å². The molecule has 0 atom stereocenters. The van der Waals surface area contributed by atoms with E-state index in [1.54, 1.807) is 0 Å². The third kappa shape index (κ3) is 2.11. The van der Waals surface area contributed by atoms with E-state index in [-0.39, 0.29) is 30.0 Å². The molecule has 0 aliphatic carbocycles. The molecule has 2 N–H and O–H groups in total. The van der Waals surface area contributed by atoms with Gasteiger partial charge in [0.25, 0.3) is 0 Å². The zero-order valence-corrected chi connectivity index (χ0v) is 9.59. The van der Waals surface area contributed by atoms with E-state index in [0.717, 1.165) is 10.6 Å². The molecule has 0 saturated carbocycles. The molecule has 1 amide bonds. The molecule has 1 aromatic carbocycles. The number of carbonyl (C=O) groups excluding carboxylic acids is 1. The summed E-state index contributed by atoms with van der Waals surface area (Å²) in [6.45, 7) is 1.56. The normalized spacial score (nSPS) is 10.8. The second-order valence-corrected chi connectivity index (χ2v) is 3.82. The Bertz CT molecular complexity index is 660. The van der Waals surface area contributed by atoms with Gasteiger partial charge in [-0.2, -0.15) is 0 Å². The van der Waals surface area contributed by atoms with Crippen LogP contribution in [-0.2, 0) is 11.3 Å². The first-order valence-corrected chi connectivity index (χ1v) is 5.31. The van der Waals surface area contributed by atoms with Crippen LogP contribution in [0.4, 0.5) is 8.78 Å². The molecule has 0 unspecified atom stereocenters. The molecular weight excluding hydrogens is 244 g/mol. The molecule has 2 rings (SSSR count). The average molecular weight is 255 g/mol. The Balaban J connectivity index is 2.43. The number of imidazole rings is 1. The molecule has 96 valence electrons. The van der Waals surface area contributed by atoms with Gasteiger partial charge in [0.15, 0.2) is 11.6 Å². The van der Waals surface area contributed by atoms with E-state index < -0.39 is 17.3 Å². The van der Waals surface area contributed by atoms with E-state index in [1.807, 2.05) is 0 Å². The van der Waals surface area contributed by atoms with Crippen molar-refractivity contribution >= 4 is 16.9 Å². The third-order valence-corrected chi connectivity index (χ3v) is 2.54. The molecule has 0 radical (unpaired) electrons. The van der Waals surface area contributed by atoms with Crippen molar-refractivity contribution in [2.75, 3.05) is 6.54 Å². The number of hydrogen-bond donors (Lipinski definition) is 2. The van der Waals surface area contributed by atoms with E-state index in [0.29, 0.717) is 0 Å². The lowest BCUT2D eigenvalue weighted by Gasteiger charge is -2.05. The quantitative estimate of drug-likeness (QED) is 0.849. The van der Waals surface area contributed by atoms with Crippen LogP contribution in [0.5, 0.6) is 0 Å². The lowest BCUT2D eigenvalue weighted by atomic mass is 10.3. The lowest BCUT2D eigenvalue weighted by Crippen LogP contribution is -2.28. The number of H-pyrrole nitrogens is 1. The Labute approximate surface area is 100 Å². The monoisotopic (exact) mass is 255 g/mol. The summed E-state index contributed by atoms with van der Waals surface area (Å²) >= 11 is 0. The van der Waals surface area contributed by atoms with Crippen molar-refractivity contribution in [3.63, 3.8) is 0 Å². The van der Waals surface area contributed by atoms with E-state index in [2.05, 4.69) is 10.3 Å². The maximum absolute atomic E-state index is 13.6.